The number of nitro groups is 1. The topological polar surface area (TPSA) is 64.4 Å². The van der Waals surface area contributed by atoms with Crippen molar-refractivity contribution in [2.75, 3.05) is 13.2 Å². The first kappa shape index (κ1) is 17.2. The van der Waals surface area contributed by atoms with Crippen LogP contribution in [-0.4, -0.2) is 24.3 Å². The molecule has 0 amide bonds. The quantitative estimate of drug-likeness (QED) is 0.454. The number of benzene rings is 1. The number of ether oxygens (including phenoxy) is 1. The second-order valence-electron chi connectivity index (χ2n) is 4.45. The molecule has 0 saturated heterocycles. The summed E-state index contributed by atoms with van der Waals surface area (Å²) >= 11 is 0. The highest BCUT2D eigenvalue weighted by Gasteiger charge is 2.27. The van der Waals surface area contributed by atoms with Crippen LogP contribution in [0.1, 0.15) is 25.3 Å². The van der Waals surface area contributed by atoms with Crippen LogP contribution in [0.3, 0.4) is 0 Å². The van der Waals surface area contributed by atoms with Crippen LogP contribution >= 0.6 is 0 Å². The van der Waals surface area contributed by atoms with Gasteiger partial charge in [0.15, 0.2) is 5.75 Å². The third-order valence-corrected chi connectivity index (χ3v) is 2.62. The fourth-order valence-corrected chi connectivity index (χ4v) is 1.62. The van der Waals surface area contributed by atoms with Gasteiger partial charge in [0, 0.05) is 12.6 Å². The molecule has 0 fully saturated rings. The molecule has 21 heavy (non-hydrogen) atoms. The predicted octanol–water partition coefficient (Wildman–Crippen LogP) is 3.43. The van der Waals surface area contributed by atoms with Gasteiger partial charge in [0.25, 0.3) is 0 Å². The van der Waals surface area contributed by atoms with Gasteiger partial charge in [0.05, 0.1) is 18.0 Å². The van der Waals surface area contributed by atoms with Gasteiger partial charge >= 0.3 is 11.9 Å². The fraction of sp³-hybridized carbons (Fsp3) is 0.538. The van der Waals surface area contributed by atoms with Crippen LogP contribution in [0.4, 0.5) is 18.9 Å². The number of nitrogens with zero attached hydrogens (tertiary/aromatic N) is 1. The van der Waals surface area contributed by atoms with Crippen molar-refractivity contribution in [3.05, 3.63) is 33.9 Å². The first-order valence-corrected chi connectivity index (χ1v) is 6.51. The van der Waals surface area contributed by atoms with Crippen molar-refractivity contribution >= 4 is 5.69 Å². The Labute approximate surface area is 120 Å². The third kappa shape index (κ3) is 6.44. The number of hydrogen-bond acceptors (Lipinski definition) is 4. The molecule has 1 aromatic rings. The third-order valence-electron chi connectivity index (χ3n) is 2.62. The van der Waals surface area contributed by atoms with Crippen molar-refractivity contribution < 1.29 is 22.8 Å². The maximum absolute atomic E-state index is 12.1. The van der Waals surface area contributed by atoms with Gasteiger partial charge in [-0.2, -0.15) is 13.2 Å². The van der Waals surface area contributed by atoms with Crippen molar-refractivity contribution in [2.45, 2.75) is 32.5 Å². The smallest absolute Gasteiger partial charge is 0.392 e. The average molecular weight is 306 g/mol. The molecular formula is C13H17F3N2O3. The summed E-state index contributed by atoms with van der Waals surface area (Å²) in [6, 6.07) is 4.19. The average Bonchev–Trinajstić information content (AvgIpc) is 2.37. The predicted molar refractivity (Wildman–Crippen MR) is 71.3 cm³/mol. The van der Waals surface area contributed by atoms with E-state index in [9.17, 15) is 23.3 Å². The highest BCUT2D eigenvalue weighted by atomic mass is 19.4. The molecule has 0 heterocycles. The molecule has 0 aliphatic rings. The largest absolute Gasteiger partial charge is 0.486 e. The molecule has 1 rings (SSSR count). The van der Waals surface area contributed by atoms with Crippen LogP contribution in [0.5, 0.6) is 5.75 Å². The van der Waals surface area contributed by atoms with Crippen LogP contribution in [0.2, 0.25) is 0 Å². The molecule has 0 aliphatic carbocycles. The molecule has 0 saturated carbocycles. The van der Waals surface area contributed by atoms with E-state index in [1.54, 1.807) is 6.07 Å². The van der Waals surface area contributed by atoms with Crippen LogP contribution in [0.15, 0.2) is 18.2 Å². The summed E-state index contributed by atoms with van der Waals surface area (Å²) in [5.74, 6) is -0.139. The Bertz CT molecular complexity index is 478. The van der Waals surface area contributed by atoms with Crippen LogP contribution < -0.4 is 10.1 Å². The molecule has 8 heteroatoms. The van der Waals surface area contributed by atoms with Gasteiger partial charge in [-0.25, -0.2) is 0 Å². The second kappa shape index (κ2) is 7.82. The molecular weight excluding hydrogens is 289 g/mol. The van der Waals surface area contributed by atoms with Crippen molar-refractivity contribution in [3.8, 4) is 5.75 Å². The van der Waals surface area contributed by atoms with E-state index in [2.05, 4.69) is 5.32 Å². The molecule has 0 aliphatic heterocycles. The Morgan fingerprint density at radius 2 is 2.10 bits per heavy atom. The molecule has 5 nitrogen and oxygen atoms in total. The number of nitro benzene ring substituents is 1. The summed E-state index contributed by atoms with van der Waals surface area (Å²) in [5, 5.41) is 13.9. The molecule has 0 aromatic heterocycles. The highest BCUT2D eigenvalue weighted by Crippen LogP contribution is 2.29. The van der Waals surface area contributed by atoms with Crippen molar-refractivity contribution in [2.24, 2.45) is 0 Å². The van der Waals surface area contributed by atoms with Gasteiger partial charge < -0.3 is 10.1 Å². The highest BCUT2D eigenvalue weighted by molar-refractivity contribution is 5.48. The lowest BCUT2D eigenvalue weighted by atomic mass is 10.2. The van der Waals surface area contributed by atoms with Crippen LogP contribution in [0, 0.1) is 10.1 Å². The lowest BCUT2D eigenvalue weighted by Crippen LogP contribution is -2.15. The summed E-state index contributed by atoms with van der Waals surface area (Å²) in [6.07, 6.45) is -4.57. The number of halogens is 3. The Morgan fingerprint density at radius 1 is 1.38 bits per heavy atom. The number of rotatable bonds is 8. The number of alkyl halides is 3. The van der Waals surface area contributed by atoms with Crippen LogP contribution in [-0.2, 0) is 6.54 Å². The van der Waals surface area contributed by atoms with E-state index in [4.69, 9.17) is 4.74 Å². The van der Waals surface area contributed by atoms with Gasteiger partial charge in [-0.3, -0.25) is 10.1 Å². The summed E-state index contributed by atoms with van der Waals surface area (Å²) in [6.45, 7) is 2.60. The van der Waals surface area contributed by atoms with E-state index in [1.807, 2.05) is 6.92 Å². The summed E-state index contributed by atoms with van der Waals surface area (Å²) < 4.78 is 41.2. The SMILES string of the molecule is CCCNCc1ccc([N+](=O)[O-])c(OCCC(F)(F)F)c1. The van der Waals surface area contributed by atoms with E-state index in [0.29, 0.717) is 6.54 Å². The molecule has 0 spiro atoms. The standard InChI is InChI=1S/C13H17F3N2O3/c1-2-6-17-9-10-3-4-11(18(19)20)12(8-10)21-7-5-13(14,15)16/h3-4,8,17H,2,5-7,9H2,1H3. The minimum atomic E-state index is -4.35. The Morgan fingerprint density at radius 3 is 2.67 bits per heavy atom. The molecule has 0 unspecified atom stereocenters. The summed E-state index contributed by atoms with van der Waals surface area (Å²) in [5.41, 5.74) is 0.382. The Hall–Kier alpha value is -1.83. The van der Waals surface area contributed by atoms with Gasteiger partial charge in [0.2, 0.25) is 0 Å². The second-order valence-corrected chi connectivity index (χ2v) is 4.45. The van der Waals surface area contributed by atoms with E-state index >= 15 is 0 Å². The normalized spacial score (nSPS) is 11.4. The van der Waals surface area contributed by atoms with Gasteiger partial charge in [-0.05, 0) is 24.6 Å². The lowest BCUT2D eigenvalue weighted by molar-refractivity contribution is -0.385. The molecule has 0 radical (unpaired) electrons. The first-order chi connectivity index (χ1) is 9.83. The van der Waals surface area contributed by atoms with Gasteiger partial charge in [0.1, 0.15) is 0 Å². The zero-order valence-electron chi connectivity index (χ0n) is 11.6. The lowest BCUT2D eigenvalue weighted by Gasteiger charge is -2.10. The van der Waals surface area contributed by atoms with Gasteiger partial charge in [-0.1, -0.05) is 13.0 Å². The number of hydrogen-bond donors (Lipinski definition) is 1. The zero-order valence-corrected chi connectivity index (χ0v) is 11.6. The van der Waals surface area contributed by atoms with Crippen molar-refractivity contribution in [3.63, 3.8) is 0 Å². The molecule has 1 N–H and O–H groups in total. The maximum atomic E-state index is 12.1. The van der Waals surface area contributed by atoms with E-state index in [1.165, 1.54) is 12.1 Å². The van der Waals surface area contributed by atoms with Gasteiger partial charge in [-0.15, -0.1) is 0 Å². The van der Waals surface area contributed by atoms with Crippen molar-refractivity contribution in [1.82, 2.24) is 5.32 Å². The molecule has 1 aromatic carbocycles. The summed E-state index contributed by atoms with van der Waals surface area (Å²) in [4.78, 5) is 10.2. The summed E-state index contributed by atoms with van der Waals surface area (Å²) in [7, 11) is 0. The zero-order chi connectivity index (χ0) is 15.9. The molecule has 0 bridgehead atoms. The fourth-order valence-electron chi connectivity index (χ4n) is 1.62. The monoisotopic (exact) mass is 306 g/mol. The molecule has 118 valence electrons. The Kier molecular flexibility index (Phi) is 6.41. The number of nitrogens with one attached hydrogen (secondary N) is 1. The molecule has 0 atom stereocenters. The van der Waals surface area contributed by atoms with E-state index < -0.39 is 24.1 Å². The minimum Gasteiger partial charge on any atom is -0.486 e. The van der Waals surface area contributed by atoms with Crippen LogP contribution in [0.25, 0.3) is 0 Å². The van der Waals surface area contributed by atoms with E-state index in [-0.39, 0.29) is 11.4 Å². The van der Waals surface area contributed by atoms with E-state index in [0.717, 1.165) is 18.5 Å². The Balaban J connectivity index is 2.76. The van der Waals surface area contributed by atoms with Crippen molar-refractivity contribution in [1.29, 1.82) is 0 Å². The maximum Gasteiger partial charge on any atom is 0.392 e. The minimum absolute atomic E-state index is 0.139. The first-order valence-electron chi connectivity index (χ1n) is 6.51.